The van der Waals surface area contributed by atoms with Crippen molar-refractivity contribution in [1.29, 1.82) is 0 Å². The number of nitrogens with one attached hydrogen (secondary N) is 1. The first kappa shape index (κ1) is 24.1. The number of carbonyl (C=O) groups is 1. The maximum absolute atomic E-state index is 11.9. The third-order valence-corrected chi connectivity index (χ3v) is 8.02. The molecule has 0 radical (unpaired) electrons. The van der Waals surface area contributed by atoms with Gasteiger partial charge >= 0.3 is 5.97 Å². The first-order valence-corrected chi connectivity index (χ1v) is 12.1. The van der Waals surface area contributed by atoms with Gasteiger partial charge in [0, 0.05) is 18.0 Å². The highest BCUT2D eigenvalue weighted by Crippen LogP contribution is 2.48. The van der Waals surface area contributed by atoms with Crippen molar-refractivity contribution in [3.63, 3.8) is 0 Å². The molecule has 1 N–H and O–H groups in total. The molecule has 1 saturated carbocycles. The molecule has 2 aliphatic rings. The van der Waals surface area contributed by atoms with Crippen molar-refractivity contribution in [1.82, 2.24) is 10.2 Å². The second-order valence-corrected chi connectivity index (χ2v) is 9.70. The number of aryl methyl sites for hydroxylation is 1. The van der Waals surface area contributed by atoms with Crippen LogP contribution in [0.15, 0.2) is 18.2 Å². The van der Waals surface area contributed by atoms with Crippen molar-refractivity contribution in [2.45, 2.75) is 77.3 Å². The summed E-state index contributed by atoms with van der Waals surface area (Å²) < 4.78 is 10.5. The highest BCUT2D eigenvalue weighted by molar-refractivity contribution is 5.75. The molecule has 1 saturated heterocycles. The molecule has 0 aromatic heterocycles. The van der Waals surface area contributed by atoms with Crippen LogP contribution in [0.4, 0.5) is 0 Å². The van der Waals surface area contributed by atoms with Gasteiger partial charge in [-0.15, -0.1) is 0 Å². The Kier molecular flexibility index (Phi) is 8.03. The number of piperidine rings is 1. The molecular formula is C26H42N2O3. The standard InChI is InChI=1S/C26H42N2O3/c1-7-22-10-11-23(30-5)16-24(22)26(12-14-27-19(3)25(29)31-6)13-15-28(17-21-8-9-21)20(4)18(26)2/h10-11,16,18-21,27H,7-9,12-15,17H2,1-6H3/t18-,19-,20?,26+/m0/s1. The van der Waals surface area contributed by atoms with E-state index in [2.05, 4.69) is 49.2 Å². The number of benzene rings is 1. The fourth-order valence-electron chi connectivity index (χ4n) is 5.54. The van der Waals surface area contributed by atoms with E-state index in [1.165, 1.54) is 37.6 Å². The van der Waals surface area contributed by atoms with Gasteiger partial charge in [0.2, 0.25) is 0 Å². The van der Waals surface area contributed by atoms with E-state index in [-0.39, 0.29) is 17.4 Å². The average Bonchev–Trinajstić information content (AvgIpc) is 3.61. The number of esters is 1. The fraction of sp³-hybridized carbons (Fsp3) is 0.731. The van der Waals surface area contributed by atoms with Gasteiger partial charge in [-0.2, -0.15) is 0 Å². The molecule has 1 heterocycles. The summed E-state index contributed by atoms with van der Waals surface area (Å²) >= 11 is 0. The molecule has 1 aliphatic carbocycles. The van der Waals surface area contributed by atoms with E-state index in [1.54, 1.807) is 7.11 Å². The van der Waals surface area contributed by atoms with E-state index in [1.807, 2.05) is 6.92 Å². The molecule has 31 heavy (non-hydrogen) atoms. The lowest BCUT2D eigenvalue weighted by Crippen LogP contribution is -2.55. The molecule has 5 heteroatoms. The van der Waals surface area contributed by atoms with Crippen molar-refractivity contribution in [2.75, 3.05) is 33.9 Å². The molecule has 1 aliphatic heterocycles. The lowest BCUT2D eigenvalue weighted by Gasteiger charge is -2.52. The largest absolute Gasteiger partial charge is 0.497 e. The molecular weight excluding hydrogens is 388 g/mol. The summed E-state index contributed by atoms with van der Waals surface area (Å²) in [6, 6.07) is 6.85. The zero-order valence-electron chi connectivity index (χ0n) is 20.4. The van der Waals surface area contributed by atoms with E-state index < -0.39 is 0 Å². The van der Waals surface area contributed by atoms with Crippen molar-refractivity contribution >= 4 is 5.97 Å². The second kappa shape index (κ2) is 10.4. The lowest BCUT2D eigenvalue weighted by molar-refractivity contribution is -0.142. The molecule has 4 atom stereocenters. The summed E-state index contributed by atoms with van der Waals surface area (Å²) in [5.74, 6) is 2.15. The second-order valence-electron chi connectivity index (χ2n) is 9.70. The highest BCUT2D eigenvalue weighted by Gasteiger charge is 2.47. The highest BCUT2D eigenvalue weighted by atomic mass is 16.5. The molecule has 0 spiro atoms. The van der Waals surface area contributed by atoms with Crippen LogP contribution in [0.25, 0.3) is 0 Å². The molecule has 3 rings (SSSR count). The van der Waals surface area contributed by atoms with Crippen LogP contribution < -0.4 is 10.1 Å². The van der Waals surface area contributed by atoms with Gasteiger partial charge in [-0.3, -0.25) is 4.79 Å². The van der Waals surface area contributed by atoms with Crippen LogP contribution in [-0.4, -0.2) is 56.8 Å². The lowest BCUT2D eigenvalue weighted by atomic mass is 9.61. The number of likely N-dealkylation sites (tertiary alicyclic amines) is 1. The molecule has 174 valence electrons. The van der Waals surface area contributed by atoms with Crippen molar-refractivity contribution in [3.8, 4) is 5.75 Å². The smallest absolute Gasteiger partial charge is 0.322 e. The summed E-state index contributed by atoms with van der Waals surface area (Å²) in [4.78, 5) is 14.6. The Labute approximate surface area is 188 Å². The van der Waals surface area contributed by atoms with Crippen LogP contribution in [0.5, 0.6) is 5.75 Å². The SMILES string of the molecule is CCc1ccc(OC)cc1[C@]1(CCN[C@@H](C)C(=O)OC)CCN(CC2CC2)C(C)[C@@H]1C. The minimum atomic E-state index is -0.291. The summed E-state index contributed by atoms with van der Waals surface area (Å²) in [5.41, 5.74) is 2.91. The van der Waals surface area contributed by atoms with Gasteiger partial charge in [0.25, 0.3) is 0 Å². The molecule has 1 unspecified atom stereocenters. The molecule has 2 fully saturated rings. The van der Waals surface area contributed by atoms with Gasteiger partial charge in [0.05, 0.1) is 14.2 Å². The third-order valence-electron chi connectivity index (χ3n) is 8.02. The Morgan fingerprint density at radius 1 is 1.29 bits per heavy atom. The number of ether oxygens (including phenoxy) is 2. The molecule has 1 aromatic carbocycles. The van der Waals surface area contributed by atoms with Crippen LogP contribution in [0.3, 0.4) is 0 Å². The zero-order chi connectivity index (χ0) is 22.6. The number of nitrogens with zero attached hydrogens (tertiary/aromatic N) is 1. The fourth-order valence-corrected chi connectivity index (χ4v) is 5.54. The monoisotopic (exact) mass is 430 g/mol. The van der Waals surface area contributed by atoms with Gasteiger partial charge in [-0.1, -0.05) is 19.9 Å². The quantitative estimate of drug-likeness (QED) is 0.565. The minimum absolute atomic E-state index is 0.0577. The summed E-state index contributed by atoms with van der Waals surface area (Å²) in [6.45, 7) is 12.1. The van der Waals surface area contributed by atoms with E-state index in [0.717, 1.165) is 44.0 Å². The van der Waals surface area contributed by atoms with E-state index in [4.69, 9.17) is 9.47 Å². The van der Waals surface area contributed by atoms with Crippen molar-refractivity contribution in [2.24, 2.45) is 11.8 Å². The first-order valence-electron chi connectivity index (χ1n) is 12.1. The van der Waals surface area contributed by atoms with Crippen LogP contribution in [0, 0.1) is 11.8 Å². The average molecular weight is 431 g/mol. The maximum atomic E-state index is 11.9. The maximum Gasteiger partial charge on any atom is 0.322 e. The van der Waals surface area contributed by atoms with Crippen LogP contribution >= 0.6 is 0 Å². The predicted octanol–water partition coefficient (Wildman–Crippen LogP) is 4.18. The zero-order valence-corrected chi connectivity index (χ0v) is 20.4. The normalized spacial score (nSPS) is 27.7. The molecule has 0 bridgehead atoms. The van der Waals surface area contributed by atoms with Crippen LogP contribution in [-0.2, 0) is 21.4 Å². The Bertz CT molecular complexity index is 748. The Morgan fingerprint density at radius 3 is 2.65 bits per heavy atom. The summed E-state index contributed by atoms with van der Waals surface area (Å²) in [5, 5.41) is 3.41. The topological polar surface area (TPSA) is 50.8 Å². The third kappa shape index (κ3) is 5.25. The number of hydrogen-bond acceptors (Lipinski definition) is 5. The van der Waals surface area contributed by atoms with Gasteiger partial charge in [-0.25, -0.2) is 0 Å². The van der Waals surface area contributed by atoms with Crippen molar-refractivity contribution < 1.29 is 14.3 Å². The van der Waals surface area contributed by atoms with Crippen LogP contribution in [0.1, 0.15) is 64.5 Å². The first-order chi connectivity index (χ1) is 14.9. The minimum Gasteiger partial charge on any atom is -0.497 e. The number of rotatable bonds is 10. The van der Waals surface area contributed by atoms with E-state index in [9.17, 15) is 4.79 Å². The number of hydrogen-bond donors (Lipinski definition) is 1. The summed E-state index contributed by atoms with van der Waals surface area (Å²) in [7, 11) is 3.20. The molecule has 1 aromatic rings. The summed E-state index contributed by atoms with van der Waals surface area (Å²) in [6.07, 6.45) is 5.94. The van der Waals surface area contributed by atoms with Crippen molar-refractivity contribution in [3.05, 3.63) is 29.3 Å². The van der Waals surface area contributed by atoms with Gasteiger partial charge in [0.15, 0.2) is 0 Å². The van der Waals surface area contributed by atoms with Crippen LogP contribution in [0.2, 0.25) is 0 Å². The van der Waals surface area contributed by atoms with Gasteiger partial charge < -0.3 is 19.7 Å². The van der Waals surface area contributed by atoms with Gasteiger partial charge in [0.1, 0.15) is 11.8 Å². The predicted molar refractivity (Wildman–Crippen MR) is 126 cm³/mol. The number of methoxy groups -OCH3 is 2. The Morgan fingerprint density at radius 2 is 2.03 bits per heavy atom. The van der Waals surface area contributed by atoms with E-state index in [0.29, 0.717) is 12.0 Å². The Hall–Kier alpha value is -1.59. The number of carbonyl (C=O) groups excluding carboxylic acids is 1. The molecule has 5 nitrogen and oxygen atoms in total. The van der Waals surface area contributed by atoms with Gasteiger partial charge in [-0.05, 0) is 94.1 Å². The Balaban J connectivity index is 1.90. The molecule has 0 amide bonds. The van der Waals surface area contributed by atoms with E-state index >= 15 is 0 Å².